The highest BCUT2D eigenvalue weighted by Crippen LogP contribution is 2.45. The van der Waals surface area contributed by atoms with Gasteiger partial charge in [-0.3, -0.25) is 4.90 Å². The fourth-order valence-electron chi connectivity index (χ4n) is 3.70. The van der Waals surface area contributed by atoms with Crippen LogP contribution in [0.1, 0.15) is 53.9 Å². The van der Waals surface area contributed by atoms with E-state index in [0.717, 1.165) is 24.9 Å². The fraction of sp³-hybridized carbons (Fsp3) is 1.00. The third-order valence-electron chi connectivity index (χ3n) is 5.46. The van der Waals surface area contributed by atoms with Crippen molar-refractivity contribution in [2.24, 2.45) is 17.6 Å². The molecule has 0 amide bonds. The molecular weight excluding hydrogens is 246 g/mol. The van der Waals surface area contributed by atoms with E-state index in [4.69, 9.17) is 5.73 Å². The number of nitrogens with two attached hydrogens (primary N) is 1. The molecule has 0 unspecified atom stereocenters. The van der Waals surface area contributed by atoms with Crippen LogP contribution in [0.4, 0.5) is 0 Å². The number of nitrogens with zero attached hydrogens (tertiary/aromatic N) is 2. The van der Waals surface area contributed by atoms with Gasteiger partial charge in [0.1, 0.15) is 0 Å². The highest BCUT2D eigenvalue weighted by atomic mass is 15.2. The number of rotatable bonds is 10. The lowest BCUT2D eigenvalue weighted by atomic mass is 9.63. The maximum atomic E-state index is 6.14. The Morgan fingerprint density at radius 2 is 1.65 bits per heavy atom. The third kappa shape index (κ3) is 4.19. The van der Waals surface area contributed by atoms with Crippen molar-refractivity contribution in [2.75, 3.05) is 39.3 Å². The van der Waals surface area contributed by atoms with E-state index in [2.05, 4.69) is 44.4 Å². The van der Waals surface area contributed by atoms with Gasteiger partial charge in [0.25, 0.3) is 0 Å². The second-order valence-electron chi connectivity index (χ2n) is 6.80. The molecule has 20 heavy (non-hydrogen) atoms. The molecule has 0 atom stereocenters. The quantitative estimate of drug-likeness (QED) is 0.669. The van der Waals surface area contributed by atoms with Crippen molar-refractivity contribution in [3.8, 4) is 0 Å². The molecule has 1 fully saturated rings. The van der Waals surface area contributed by atoms with Crippen LogP contribution in [0, 0.1) is 11.8 Å². The predicted molar refractivity (Wildman–Crippen MR) is 89.0 cm³/mol. The lowest BCUT2D eigenvalue weighted by Crippen LogP contribution is -2.62. The highest BCUT2D eigenvalue weighted by molar-refractivity contribution is 5.03. The van der Waals surface area contributed by atoms with Crippen molar-refractivity contribution in [1.82, 2.24) is 9.80 Å². The highest BCUT2D eigenvalue weighted by Gasteiger charge is 2.47. The van der Waals surface area contributed by atoms with Gasteiger partial charge in [-0.1, -0.05) is 34.6 Å². The van der Waals surface area contributed by atoms with E-state index >= 15 is 0 Å². The molecule has 0 saturated heterocycles. The average Bonchev–Trinajstić information content (AvgIpc) is 2.40. The van der Waals surface area contributed by atoms with E-state index in [1.807, 2.05) is 0 Å². The zero-order valence-corrected chi connectivity index (χ0v) is 14.5. The summed E-state index contributed by atoms with van der Waals surface area (Å²) in [4.78, 5) is 5.18. The molecular formula is C17H37N3. The Kier molecular flexibility index (Phi) is 7.49. The molecule has 0 aliphatic heterocycles. The molecule has 0 spiro atoms. The second-order valence-corrected chi connectivity index (χ2v) is 6.80. The first kappa shape index (κ1) is 17.9. The minimum Gasteiger partial charge on any atom is -0.329 e. The molecule has 0 aromatic rings. The van der Waals surface area contributed by atoms with E-state index in [0.29, 0.717) is 5.54 Å². The van der Waals surface area contributed by atoms with Crippen molar-refractivity contribution in [3.05, 3.63) is 0 Å². The van der Waals surface area contributed by atoms with Crippen LogP contribution in [-0.2, 0) is 0 Å². The Hall–Kier alpha value is -0.120. The maximum Gasteiger partial charge on any atom is 0.0337 e. The Balaban J connectivity index is 2.44. The normalized spacial score (nSPS) is 26.6. The van der Waals surface area contributed by atoms with Gasteiger partial charge in [0.15, 0.2) is 0 Å². The van der Waals surface area contributed by atoms with Gasteiger partial charge >= 0.3 is 0 Å². The molecule has 1 aliphatic carbocycles. The molecule has 0 radical (unpaired) electrons. The molecule has 0 aromatic carbocycles. The molecule has 1 saturated carbocycles. The topological polar surface area (TPSA) is 32.5 Å². The summed E-state index contributed by atoms with van der Waals surface area (Å²) >= 11 is 0. The minimum atomic E-state index is 0.312. The summed E-state index contributed by atoms with van der Waals surface area (Å²) < 4.78 is 0. The van der Waals surface area contributed by atoms with Crippen LogP contribution in [0.5, 0.6) is 0 Å². The minimum absolute atomic E-state index is 0.312. The molecule has 1 rings (SSSR count). The summed E-state index contributed by atoms with van der Waals surface area (Å²) in [5.41, 5.74) is 6.45. The van der Waals surface area contributed by atoms with Crippen LogP contribution in [0.25, 0.3) is 0 Å². The Morgan fingerprint density at radius 1 is 1.05 bits per heavy atom. The van der Waals surface area contributed by atoms with E-state index in [-0.39, 0.29) is 0 Å². The maximum absolute atomic E-state index is 6.14. The first-order valence-electron chi connectivity index (χ1n) is 8.70. The van der Waals surface area contributed by atoms with Crippen molar-refractivity contribution in [2.45, 2.75) is 59.4 Å². The van der Waals surface area contributed by atoms with Crippen molar-refractivity contribution < 1.29 is 0 Å². The van der Waals surface area contributed by atoms with Gasteiger partial charge in [-0.05, 0) is 63.8 Å². The van der Waals surface area contributed by atoms with Crippen LogP contribution >= 0.6 is 0 Å². The van der Waals surface area contributed by atoms with Gasteiger partial charge in [-0.25, -0.2) is 0 Å². The van der Waals surface area contributed by atoms with E-state index in [1.165, 1.54) is 45.4 Å². The van der Waals surface area contributed by atoms with Crippen molar-refractivity contribution in [3.63, 3.8) is 0 Å². The molecule has 1 aliphatic rings. The van der Waals surface area contributed by atoms with Gasteiger partial charge in [0, 0.05) is 12.1 Å². The zero-order valence-electron chi connectivity index (χ0n) is 14.5. The largest absolute Gasteiger partial charge is 0.329 e. The lowest BCUT2D eigenvalue weighted by Gasteiger charge is -2.55. The first-order chi connectivity index (χ1) is 9.52. The molecule has 0 heterocycles. The van der Waals surface area contributed by atoms with Gasteiger partial charge in [-0.15, -0.1) is 0 Å². The first-order valence-corrected chi connectivity index (χ1v) is 8.70. The van der Waals surface area contributed by atoms with Crippen molar-refractivity contribution >= 4 is 0 Å². The average molecular weight is 284 g/mol. The monoisotopic (exact) mass is 283 g/mol. The molecule has 0 aromatic heterocycles. The van der Waals surface area contributed by atoms with E-state index in [9.17, 15) is 0 Å². The molecule has 2 N–H and O–H groups in total. The lowest BCUT2D eigenvalue weighted by molar-refractivity contribution is -0.0338. The number of hydrogen-bond donors (Lipinski definition) is 1. The van der Waals surface area contributed by atoms with Crippen LogP contribution in [-0.4, -0.2) is 54.6 Å². The van der Waals surface area contributed by atoms with E-state index < -0.39 is 0 Å². The van der Waals surface area contributed by atoms with Gasteiger partial charge in [-0.2, -0.15) is 0 Å². The van der Waals surface area contributed by atoms with Gasteiger partial charge < -0.3 is 10.6 Å². The standard InChI is InChI=1S/C17H37N3/c1-6-19(7-2)10-9-11-20(8-3)17(14-18)12-16(13-17)15(4)5/h15-16H,6-14,18H2,1-5H3. The second kappa shape index (κ2) is 8.35. The molecule has 3 nitrogen and oxygen atoms in total. The summed E-state index contributed by atoms with van der Waals surface area (Å²) in [5.74, 6) is 1.69. The van der Waals surface area contributed by atoms with Crippen LogP contribution in [0.15, 0.2) is 0 Å². The van der Waals surface area contributed by atoms with Gasteiger partial charge in [0.2, 0.25) is 0 Å². The Labute approximate surface area is 126 Å². The summed E-state index contributed by atoms with van der Waals surface area (Å²) in [6.45, 7) is 18.2. The van der Waals surface area contributed by atoms with Gasteiger partial charge in [0.05, 0.1) is 0 Å². The Bertz CT molecular complexity index is 255. The SMILES string of the molecule is CCN(CC)CCCN(CC)C1(CN)CC(C(C)C)C1. The molecule has 120 valence electrons. The number of hydrogen-bond acceptors (Lipinski definition) is 3. The number of likely N-dealkylation sites (N-methyl/N-ethyl adjacent to an activating group) is 1. The zero-order chi connectivity index (χ0) is 15.2. The summed E-state index contributed by atoms with van der Waals surface area (Å²) in [6, 6.07) is 0. The van der Waals surface area contributed by atoms with E-state index in [1.54, 1.807) is 0 Å². The third-order valence-corrected chi connectivity index (χ3v) is 5.46. The van der Waals surface area contributed by atoms with Crippen LogP contribution < -0.4 is 5.73 Å². The molecule has 0 bridgehead atoms. The van der Waals surface area contributed by atoms with Crippen molar-refractivity contribution in [1.29, 1.82) is 0 Å². The fourth-order valence-corrected chi connectivity index (χ4v) is 3.70. The summed E-state index contributed by atoms with van der Waals surface area (Å²) in [5, 5.41) is 0. The predicted octanol–water partition coefficient (Wildman–Crippen LogP) is 2.80. The molecule has 3 heteroatoms. The van der Waals surface area contributed by atoms with Crippen LogP contribution in [0.3, 0.4) is 0 Å². The smallest absolute Gasteiger partial charge is 0.0337 e. The Morgan fingerprint density at radius 3 is 2.05 bits per heavy atom. The summed E-state index contributed by atoms with van der Waals surface area (Å²) in [6.07, 6.45) is 3.88. The summed E-state index contributed by atoms with van der Waals surface area (Å²) in [7, 11) is 0. The van der Waals surface area contributed by atoms with Crippen LogP contribution in [0.2, 0.25) is 0 Å².